The van der Waals surface area contributed by atoms with Gasteiger partial charge in [0.1, 0.15) is 5.82 Å². The number of aromatic nitrogens is 2. The van der Waals surface area contributed by atoms with E-state index in [-0.39, 0.29) is 5.41 Å². The summed E-state index contributed by atoms with van der Waals surface area (Å²) in [7, 11) is 1.98. The van der Waals surface area contributed by atoms with Crippen LogP contribution in [0.25, 0.3) is 0 Å². The molecule has 0 aliphatic heterocycles. The topological polar surface area (TPSA) is 29.0 Å². The first kappa shape index (κ1) is 14.8. The van der Waals surface area contributed by atoms with E-state index in [9.17, 15) is 0 Å². The lowest BCUT2D eigenvalue weighted by Crippen LogP contribution is -2.18. The van der Waals surface area contributed by atoms with Crippen LogP contribution in [0.1, 0.15) is 31.9 Å². The molecule has 0 atom stereocenters. The Hall–Kier alpha value is -1.61. The average molecular weight is 290 g/mol. The van der Waals surface area contributed by atoms with Gasteiger partial charge in [-0.1, -0.05) is 44.5 Å². The van der Waals surface area contributed by atoms with Crippen molar-refractivity contribution in [2.75, 3.05) is 11.9 Å². The smallest absolute Gasteiger partial charge is 0.147 e. The predicted molar refractivity (Wildman–Crippen MR) is 84.3 cm³/mol. The number of halogens is 1. The zero-order valence-corrected chi connectivity index (χ0v) is 13.1. The second-order valence-corrected chi connectivity index (χ2v) is 6.38. The molecule has 0 fully saturated rings. The summed E-state index contributed by atoms with van der Waals surface area (Å²) in [5.41, 5.74) is 2.44. The minimum Gasteiger partial charge on any atom is -0.354 e. The third-order valence-corrected chi connectivity index (χ3v) is 3.62. The number of anilines is 1. The van der Waals surface area contributed by atoms with E-state index in [1.165, 1.54) is 5.56 Å². The summed E-state index contributed by atoms with van der Waals surface area (Å²) in [6.07, 6.45) is 5.11. The molecule has 1 heterocycles. The SMILES string of the molecule is CN(Cc1ccc(C(C)(C)C)cc1Cl)c1cnccn1. The molecule has 2 aromatic rings. The minimum absolute atomic E-state index is 0.110. The fraction of sp³-hybridized carbons (Fsp3) is 0.375. The quantitative estimate of drug-likeness (QED) is 0.853. The largest absolute Gasteiger partial charge is 0.354 e. The summed E-state index contributed by atoms with van der Waals surface area (Å²) >= 11 is 6.40. The Labute approximate surface area is 125 Å². The lowest BCUT2D eigenvalue weighted by atomic mass is 9.86. The average Bonchev–Trinajstić information content (AvgIpc) is 2.41. The molecule has 0 spiro atoms. The lowest BCUT2D eigenvalue weighted by molar-refractivity contribution is 0.590. The van der Waals surface area contributed by atoms with E-state index in [2.05, 4.69) is 48.9 Å². The van der Waals surface area contributed by atoms with E-state index in [1.807, 2.05) is 11.9 Å². The Morgan fingerprint density at radius 2 is 1.95 bits per heavy atom. The molecule has 0 aliphatic carbocycles. The highest BCUT2D eigenvalue weighted by molar-refractivity contribution is 6.31. The Morgan fingerprint density at radius 3 is 2.50 bits per heavy atom. The molecule has 0 aliphatic rings. The van der Waals surface area contributed by atoms with Crippen LogP contribution < -0.4 is 4.90 Å². The van der Waals surface area contributed by atoms with Crippen molar-refractivity contribution < 1.29 is 0 Å². The van der Waals surface area contributed by atoms with Gasteiger partial charge in [-0.15, -0.1) is 0 Å². The molecule has 20 heavy (non-hydrogen) atoms. The maximum absolute atomic E-state index is 6.40. The number of rotatable bonds is 3. The fourth-order valence-electron chi connectivity index (χ4n) is 1.97. The Kier molecular flexibility index (Phi) is 4.29. The van der Waals surface area contributed by atoms with E-state index in [4.69, 9.17) is 11.6 Å². The number of hydrogen-bond donors (Lipinski definition) is 0. The van der Waals surface area contributed by atoms with Crippen LogP contribution in [-0.4, -0.2) is 17.0 Å². The molecule has 106 valence electrons. The van der Waals surface area contributed by atoms with Crippen molar-refractivity contribution in [3.05, 3.63) is 52.9 Å². The first-order valence-electron chi connectivity index (χ1n) is 6.64. The summed E-state index contributed by atoms with van der Waals surface area (Å²) in [6, 6.07) is 6.29. The van der Waals surface area contributed by atoms with Gasteiger partial charge >= 0.3 is 0 Å². The molecular weight excluding hydrogens is 270 g/mol. The zero-order valence-electron chi connectivity index (χ0n) is 12.4. The third-order valence-electron chi connectivity index (χ3n) is 3.27. The second-order valence-electron chi connectivity index (χ2n) is 5.98. The molecule has 0 N–H and O–H groups in total. The normalized spacial score (nSPS) is 11.4. The van der Waals surface area contributed by atoms with Crippen LogP contribution in [-0.2, 0) is 12.0 Å². The van der Waals surface area contributed by atoms with Crippen LogP contribution in [0, 0.1) is 0 Å². The van der Waals surface area contributed by atoms with Crippen LogP contribution in [0.2, 0.25) is 5.02 Å². The molecule has 0 saturated heterocycles. The monoisotopic (exact) mass is 289 g/mol. The van der Waals surface area contributed by atoms with E-state index in [0.717, 1.165) is 16.4 Å². The van der Waals surface area contributed by atoms with Gasteiger partial charge in [0, 0.05) is 31.0 Å². The van der Waals surface area contributed by atoms with Gasteiger partial charge in [0.2, 0.25) is 0 Å². The summed E-state index contributed by atoms with van der Waals surface area (Å²) in [5, 5.41) is 0.799. The van der Waals surface area contributed by atoms with Crippen molar-refractivity contribution in [1.82, 2.24) is 9.97 Å². The Morgan fingerprint density at radius 1 is 1.20 bits per heavy atom. The summed E-state index contributed by atoms with van der Waals surface area (Å²) in [5.74, 6) is 0.837. The third kappa shape index (κ3) is 3.48. The van der Waals surface area contributed by atoms with Crippen LogP contribution >= 0.6 is 11.6 Å². The number of nitrogens with zero attached hydrogens (tertiary/aromatic N) is 3. The number of hydrogen-bond acceptors (Lipinski definition) is 3. The maximum atomic E-state index is 6.40. The maximum Gasteiger partial charge on any atom is 0.147 e. The van der Waals surface area contributed by atoms with Crippen molar-refractivity contribution in [2.45, 2.75) is 32.7 Å². The zero-order chi connectivity index (χ0) is 14.8. The molecule has 0 saturated carbocycles. The second kappa shape index (κ2) is 5.80. The molecule has 0 radical (unpaired) electrons. The molecule has 0 bridgehead atoms. The summed E-state index contributed by atoms with van der Waals surface area (Å²) in [6.45, 7) is 7.26. The van der Waals surface area contributed by atoms with E-state index < -0.39 is 0 Å². The summed E-state index contributed by atoms with van der Waals surface area (Å²) in [4.78, 5) is 10.4. The molecule has 2 rings (SSSR count). The van der Waals surface area contributed by atoms with Gasteiger partial charge in [0.25, 0.3) is 0 Å². The van der Waals surface area contributed by atoms with Crippen molar-refractivity contribution >= 4 is 17.4 Å². The highest BCUT2D eigenvalue weighted by Crippen LogP contribution is 2.28. The van der Waals surface area contributed by atoms with E-state index >= 15 is 0 Å². The predicted octanol–water partition coefficient (Wildman–Crippen LogP) is 4.06. The highest BCUT2D eigenvalue weighted by atomic mass is 35.5. The van der Waals surface area contributed by atoms with Gasteiger partial charge in [0.05, 0.1) is 6.20 Å². The molecule has 1 aromatic carbocycles. The van der Waals surface area contributed by atoms with Crippen molar-refractivity contribution in [3.8, 4) is 0 Å². The van der Waals surface area contributed by atoms with Crippen molar-refractivity contribution in [2.24, 2.45) is 0 Å². The summed E-state index contributed by atoms with van der Waals surface area (Å²) < 4.78 is 0. The number of benzene rings is 1. The minimum atomic E-state index is 0.110. The van der Waals surface area contributed by atoms with E-state index in [1.54, 1.807) is 18.6 Å². The Bertz CT molecular complexity index is 576. The fourth-order valence-corrected chi connectivity index (χ4v) is 2.21. The van der Waals surface area contributed by atoms with Crippen LogP contribution in [0.3, 0.4) is 0 Å². The van der Waals surface area contributed by atoms with Gasteiger partial charge in [-0.05, 0) is 22.6 Å². The van der Waals surface area contributed by atoms with Gasteiger partial charge in [-0.3, -0.25) is 4.98 Å². The van der Waals surface area contributed by atoms with Gasteiger partial charge in [-0.2, -0.15) is 0 Å². The van der Waals surface area contributed by atoms with E-state index in [0.29, 0.717) is 6.54 Å². The molecule has 3 nitrogen and oxygen atoms in total. The van der Waals surface area contributed by atoms with Gasteiger partial charge in [0.15, 0.2) is 0 Å². The van der Waals surface area contributed by atoms with Crippen LogP contribution in [0.5, 0.6) is 0 Å². The van der Waals surface area contributed by atoms with Crippen LogP contribution in [0.4, 0.5) is 5.82 Å². The van der Waals surface area contributed by atoms with Gasteiger partial charge < -0.3 is 4.90 Å². The Balaban J connectivity index is 2.18. The molecule has 1 aromatic heterocycles. The molecular formula is C16H20ClN3. The first-order chi connectivity index (χ1) is 9.38. The molecule has 4 heteroatoms. The van der Waals surface area contributed by atoms with Crippen molar-refractivity contribution in [3.63, 3.8) is 0 Å². The molecule has 0 unspecified atom stereocenters. The van der Waals surface area contributed by atoms with Crippen molar-refractivity contribution in [1.29, 1.82) is 0 Å². The van der Waals surface area contributed by atoms with Crippen LogP contribution in [0.15, 0.2) is 36.8 Å². The molecule has 0 amide bonds. The first-order valence-corrected chi connectivity index (χ1v) is 7.02. The van der Waals surface area contributed by atoms with Gasteiger partial charge in [-0.25, -0.2) is 4.98 Å². The lowest BCUT2D eigenvalue weighted by Gasteiger charge is -2.22. The standard InChI is InChI=1S/C16H20ClN3/c1-16(2,3)13-6-5-12(14(17)9-13)11-20(4)15-10-18-7-8-19-15/h5-10H,11H2,1-4H3. The highest BCUT2D eigenvalue weighted by Gasteiger charge is 2.15.